The number of ether oxygens (including phenoxy) is 1. The van der Waals surface area contributed by atoms with Crippen LogP contribution in [0, 0.1) is 0 Å². The number of hydrogen-bond acceptors (Lipinski definition) is 6. The highest BCUT2D eigenvalue weighted by Crippen LogP contribution is 2.30. The third kappa shape index (κ3) is 2.99. The maximum absolute atomic E-state index is 5.60. The van der Waals surface area contributed by atoms with Gasteiger partial charge in [0.25, 0.3) is 0 Å². The van der Waals surface area contributed by atoms with Gasteiger partial charge in [0.1, 0.15) is 11.5 Å². The third-order valence-corrected chi connectivity index (χ3v) is 5.03. The fourth-order valence-corrected chi connectivity index (χ4v) is 3.59. The largest absolute Gasteiger partial charge is 0.377 e. The number of aromatic nitrogens is 5. The number of anilines is 1. The summed E-state index contributed by atoms with van der Waals surface area (Å²) in [5.74, 6) is 1.59. The van der Waals surface area contributed by atoms with Gasteiger partial charge in [0.2, 0.25) is 0 Å². The maximum atomic E-state index is 5.60. The van der Waals surface area contributed by atoms with Crippen molar-refractivity contribution in [1.29, 1.82) is 0 Å². The molecule has 0 aromatic carbocycles. The van der Waals surface area contributed by atoms with E-state index in [0.717, 1.165) is 40.2 Å². The van der Waals surface area contributed by atoms with E-state index < -0.39 is 0 Å². The van der Waals surface area contributed by atoms with Crippen LogP contribution < -0.4 is 4.90 Å². The summed E-state index contributed by atoms with van der Waals surface area (Å²) in [6.07, 6.45) is 7.27. The van der Waals surface area contributed by atoms with Crippen molar-refractivity contribution >= 4 is 16.9 Å². The Kier molecular flexibility index (Phi) is 4.21. The Balaban J connectivity index is 1.70. The number of pyridine rings is 2. The van der Waals surface area contributed by atoms with Crippen LogP contribution in [0.2, 0.25) is 0 Å². The SMILES string of the molecule is C[C@@H]1COCCN1c1cc(-c2cccnc2)nc(-c2ccnc3[nH]ccc23)n1. The monoisotopic (exact) mass is 372 g/mol. The van der Waals surface area contributed by atoms with Gasteiger partial charge in [-0.1, -0.05) is 0 Å². The summed E-state index contributed by atoms with van der Waals surface area (Å²) in [4.78, 5) is 23.9. The van der Waals surface area contributed by atoms with Gasteiger partial charge in [-0.2, -0.15) is 0 Å². The maximum Gasteiger partial charge on any atom is 0.162 e. The van der Waals surface area contributed by atoms with E-state index >= 15 is 0 Å². The summed E-state index contributed by atoms with van der Waals surface area (Å²) >= 11 is 0. The molecule has 1 aliphatic heterocycles. The highest BCUT2D eigenvalue weighted by molar-refractivity contribution is 5.91. The lowest BCUT2D eigenvalue weighted by Gasteiger charge is -2.34. The Labute approximate surface area is 162 Å². The van der Waals surface area contributed by atoms with Crippen molar-refractivity contribution in [2.45, 2.75) is 13.0 Å². The second-order valence-corrected chi connectivity index (χ2v) is 6.89. The van der Waals surface area contributed by atoms with Crippen molar-refractivity contribution in [3.8, 4) is 22.6 Å². The number of fused-ring (bicyclic) bond motifs is 1. The topological polar surface area (TPSA) is 79.8 Å². The second-order valence-electron chi connectivity index (χ2n) is 6.89. The van der Waals surface area contributed by atoms with E-state index in [1.54, 1.807) is 12.4 Å². The van der Waals surface area contributed by atoms with E-state index in [1.165, 1.54) is 0 Å². The molecule has 0 unspecified atom stereocenters. The van der Waals surface area contributed by atoms with Crippen molar-refractivity contribution in [2.75, 3.05) is 24.7 Å². The Morgan fingerprint density at radius 3 is 3.00 bits per heavy atom. The summed E-state index contributed by atoms with van der Waals surface area (Å²) < 4.78 is 5.60. The zero-order chi connectivity index (χ0) is 18.9. The molecular weight excluding hydrogens is 352 g/mol. The highest BCUT2D eigenvalue weighted by Gasteiger charge is 2.22. The Bertz CT molecular complexity index is 1110. The van der Waals surface area contributed by atoms with Gasteiger partial charge in [0.05, 0.1) is 24.9 Å². The normalized spacial score (nSPS) is 17.2. The van der Waals surface area contributed by atoms with Crippen LogP contribution in [0.25, 0.3) is 33.7 Å². The van der Waals surface area contributed by atoms with Crippen LogP contribution in [0.1, 0.15) is 6.92 Å². The lowest BCUT2D eigenvalue weighted by molar-refractivity contribution is 0.0985. The van der Waals surface area contributed by atoms with Crippen LogP contribution >= 0.6 is 0 Å². The molecule has 0 amide bonds. The van der Waals surface area contributed by atoms with Gasteiger partial charge < -0.3 is 14.6 Å². The van der Waals surface area contributed by atoms with Gasteiger partial charge in [-0.15, -0.1) is 0 Å². The van der Waals surface area contributed by atoms with Gasteiger partial charge in [-0.25, -0.2) is 15.0 Å². The minimum atomic E-state index is 0.253. The molecule has 140 valence electrons. The molecule has 4 aromatic rings. The summed E-state index contributed by atoms with van der Waals surface area (Å²) in [5.41, 5.74) is 3.60. The number of H-pyrrole nitrogens is 1. The van der Waals surface area contributed by atoms with Crippen LogP contribution in [0.3, 0.4) is 0 Å². The molecule has 28 heavy (non-hydrogen) atoms. The number of hydrogen-bond donors (Lipinski definition) is 1. The smallest absolute Gasteiger partial charge is 0.162 e. The van der Waals surface area contributed by atoms with E-state index in [-0.39, 0.29) is 6.04 Å². The molecule has 0 radical (unpaired) electrons. The molecule has 5 heterocycles. The van der Waals surface area contributed by atoms with Crippen LogP contribution in [0.5, 0.6) is 0 Å². The first kappa shape index (κ1) is 16.8. The quantitative estimate of drug-likeness (QED) is 0.594. The summed E-state index contributed by atoms with van der Waals surface area (Å²) in [6, 6.07) is 10.2. The average Bonchev–Trinajstić information content (AvgIpc) is 3.23. The van der Waals surface area contributed by atoms with E-state index in [1.807, 2.05) is 42.7 Å². The Hall–Kier alpha value is -3.32. The average molecular weight is 372 g/mol. The minimum Gasteiger partial charge on any atom is -0.377 e. The van der Waals surface area contributed by atoms with Gasteiger partial charge in [0, 0.05) is 53.9 Å². The molecule has 0 saturated carbocycles. The third-order valence-electron chi connectivity index (χ3n) is 5.03. The fourth-order valence-electron chi connectivity index (χ4n) is 3.59. The summed E-state index contributed by atoms with van der Waals surface area (Å²) in [7, 11) is 0. The van der Waals surface area contributed by atoms with Crippen molar-refractivity contribution < 1.29 is 4.74 Å². The van der Waals surface area contributed by atoms with Crippen LogP contribution in [0.15, 0.2) is 55.1 Å². The fraction of sp³-hybridized carbons (Fsp3) is 0.238. The number of nitrogens with one attached hydrogen (secondary N) is 1. The molecule has 1 N–H and O–H groups in total. The molecule has 1 saturated heterocycles. The first-order chi connectivity index (χ1) is 13.8. The Morgan fingerprint density at radius 1 is 1.18 bits per heavy atom. The van der Waals surface area contributed by atoms with Gasteiger partial charge in [-0.3, -0.25) is 4.98 Å². The molecule has 1 aliphatic rings. The number of rotatable bonds is 3. The number of morpholine rings is 1. The van der Waals surface area contributed by atoms with Crippen LogP contribution in [-0.2, 0) is 4.74 Å². The number of aromatic amines is 1. The second kappa shape index (κ2) is 7.01. The molecule has 0 aliphatic carbocycles. The molecule has 1 fully saturated rings. The van der Waals surface area contributed by atoms with Gasteiger partial charge in [0.15, 0.2) is 5.82 Å². The van der Waals surface area contributed by atoms with E-state index in [9.17, 15) is 0 Å². The molecule has 4 aromatic heterocycles. The van der Waals surface area contributed by atoms with E-state index in [0.29, 0.717) is 19.0 Å². The van der Waals surface area contributed by atoms with Crippen LogP contribution in [0.4, 0.5) is 5.82 Å². The summed E-state index contributed by atoms with van der Waals surface area (Å²) in [5, 5.41) is 1.01. The van der Waals surface area contributed by atoms with Crippen molar-refractivity contribution in [3.63, 3.8) is 0 Å². The molecule has 0 spiro atoms. The minimum absolute atomic E-state index is 0.253. The van der Waals surface area contributed by atoms with Gasteiger partial charge in [-0.05, 0) is 31.2 Å². The molecule has 7 heteroatoms. The highest BCUT2D eigenvalue weighted by atomic mass is 16.5. The lowest BCUT2D eigenvalue weighted by atomic mass is 10.1. The van der Waals surface area contributed by atoms with Crippen molar-refractivity contribution in [2.24, 2.45) is 0 Å². The Morgan fingerprint density at radius 2 is 2.14 bits per heavy atom. The standard InChI is InChI=1S/C21H20N6O/c1-14-13-28-10-9-27(14)19-11-18(15-3-2-6-22-12-15)25-21(26-19)17-5-8-24-20-16(17)4-7-23-20/h2-8,11-12,14H,9-10,13H2,1H3,(H,23,24)/t14-/m1/s1. The van der Waals surface area contributed by atoms with Crippen molar-refractivity contribution in [3.05, 3.63) is 55.1 Å². The zero-order valence-corrected chi connectivity index (χ0v) is 15.5. The van der Waals surface area contributed by atoms with Crippen molar-refractivity contribution in [1.82, 2.24) is 24.9 Å². The molecule has 5 rings (SSSR count). The van der Waals surface area contributed by atoms with Gasteiger partial charge >= 0.3 is 0 Å². The molecule has 0 bridgehead atoms. The number of nitrogens with zero attached hydrogens (tertiary/aromatic N) is 5. The predicted octanol–water partition coefficient (Wildman–Crippen LogP) is 3.31. The first-order valence-electron chi connectivity index (χ1n) is 9.36. The zero-order valence-electron chi connectivity index (χ0n) is 15.5. The molecule has 1 atom stereocenters. The summed E-state index contributed by atoms with van der Waals surface area (Å²) in [6.45, 7) is 4.35. The molecule has 7 nitrogen and oxygen atoms in total. The van der Waals surface area contributed by atoms with Crippen LogP contribution in [-0.4, -0.2) is 50.7 Å². The predicted molar refractivity (Wildman–Crippen MR) is 108 cm³/mol. The van der Waals surface area contributed by atoms with E-state index in [4.69, 9.17) is 14.7 Å². The lowest BCUT2D eigenvalue weighted by Crippen LogP contribution is -2.44. The molecular formula is C21H20N6O. The first-order valence-corrected chi connectivity index (χ1v) is 9.36. The van der Waals surface area contributed by atoms with E-state index in [2.05, 4.69) is 26.8 Å².